The smallest absolute Gasteiger partial charge is 0.295 e. The number of amides is 1. The van der Waals surface area contributed by atoms with Crippen molar-refractivity contribution in [1.29, 1.82) is 0 Å². The van der Waals surface area contributed by atoms with E-state index in [2.05, 4.69) is 18.7 Å². The molecule has 0 radical (unpaired) electrons. The second-order valence-corrected chi connectivity index (χ2v) is 9.37. The Labute approximate surface area is 220 Å². The number of rotatable bonds is 14. The number of nitrogens with zero attached hydrogens (tertiary/aromatic N) is 2. The molecule has 1 saturated heterocycles. The quantitative estimate of drug-likeness (QED) is 0.209. The minimum absolute atomic E-state index is 0.0773. The molecule has 3 rings (SSSR count). The Bertz CT molecular complexity index is 1070. The second kappa shape index (κ2) is 13.8. The second-order valence-electron chi connectivity index (χ2n) is 9.37. The summed E-state index contributed by atoms with van der Waals surface area (Å²) in [5.41, 5.74) is 1.20. The van der Waals surface area contributed by atoms with Crippen LogP contribution in [0.5, 0.6) is 11.5 Å². The number of ether oxygens (including phenoxy) is 2. The zero-order valence-electron chi connectivity index (χ0n) is 22.5. The maximum absolute atomic E-state index is 13.3. The molecule has 0 aromatic heterocycles. The molecule has 1 aliphatic heterocycles. The Balaban J connectivity index is 1.98. The summed E-state index contributed by atoms with van der Waals surface area (Å²) in [6.07, 6.45) is 5.26. The van der Waals surface area contributed by atoms with Crippen LogP contribution in [0.25, 0.3) is 5.76 Å². The summed E-state index contributed by atoms with van der Waals surface area (Å²) in [7, 11) is 3.11. The standard InChI is InChI=1S/C30H40N2O5/c1-5-7-17-31(18-8-6-2)19-12-20-32-27(24-16-15-23(36-3)21-25(24)37-4)26(29(34)30(32)35)28(33)22-13-10-9-11-14-22/h9-11,13-16,21,27,33H,5-8,12,17-20H2,1-4H3. The summed E-state index contributed by atoms with van der Waals surface area (Å²) in [4.78, 5) is 30.7. The van der Waals surface area contributed by atoms with Crippen LogP contribution < -0.4 is 9.47 Å². The molecule has 1 N–H and O–H groups in total. The molecule has 1 fully saturated rings. The third-order valence-corrected chi connectivity index (χ3v) is 6.85. The number of hydrogen-bond donors (Lipinski definition) is 1. The lowest BCUT2D eigenvalue weighted by Gasteiger charge is -2.28. The first-order chi connectivity index (χ1) is 18.0. The normalized spacial score (nSPS) is 17.0. The minimum atomic E-state index is -0.763. The van der Waals surface area contributed by atoms with Gasteiger partial charge in [0.2, 0.25) is 0 Å². The summed E-state index contributed by atoms with van der Waals surface area (Å²) in [5, 5.41) is 11.2. The van der Waals surface area contributed by atoms with Crippen molar-refractivity contribution in [3.05, 3.63) is 65.2 Å². The number of carbonyl (C=O) groups excluding carboxylic acids is 2. The Hall–Kier alpha value is -3.32. The predicted molar refractivity (Wildman–Crippen MR) is 146 cm³/mol. The number of unbranched alkanes of at least 4 members (excludes halogenated alkanes) is 2. The van der Waals surface area contributed by atoms with Crippen LogP contribution in [-0.2, 0) is 9.59 Å². The zero-order valence-corrected chi connectivity index (χ0v) is 22.5. The molecule has 0 spiro atoms. The highest BCUT2D eigenvalue weighted by Gasteiger charge is 2.46. The SMILES string of the molecule is CCCCN(CCCC)CCCN1C(=O)C(=O)C(=C(O)c2ccccc2)C1c1ccc(OC)cc1OC. The van der Waals surface area contributed by atoms with E-state index in [1.54, 1.807) is 61.6 Å². The van der Waals surface area contributed by atoms with Gasteiger partial charge in [-0.25, -0.2) is 0 Å². The van der Waals surface area contributed by atoms with Crippen molar-refractivity contribution < 1.29 is 24.2 Å². The van der Waals surface area contributed by atoms with Crippen molar-refractivity contribution in [2.24, 2.45) is 0 Å². The van der Waals surface area contributed by atoms with Crippen molar-refractivity contribution in [2.75, 3.05) is 40.4 Å². The lowest BCUT2D eigenvalue weighted by Crippen LogP contribution is -2.34. The third-order valence-electron chi connectivity index (χ3n) is 6.85. The molecule has 1 atom stereocenters. The number of hydrogen-bond acceptors (Lipinski definition) is 6. The van der Waals surface area contributed by atoms with Crippen molar-refractivity contribution in [2.45, 2.75) is 52.0 Å². The monoisotopic (exact) mass is 508 g/mol. The summed E-state index contributed by atoms with van der Waals surface area (Å²) in [6.45, 7) is 7.66. The molecule has 7 nitrogen and oxygen atoms in total. The van der Waals surface area contributed by atoms with E-state index < -0.39 is 17.7 Å². The van der Waals surface area contributed by atoms with Gasteiger partial charge < -0.3 is 24.4 Å². The summed E-state index contributed by atoms with van der Waals surface area (Å²) >= 11 is 0. The minimum Gasteiger partial charge on any atom is -0.507 e. The van der Waals surface area contributed by atoms with Gasteiger partial charge in [-0.3, -0.25) is 9.59 Å². The zero-order chi connectivity index (χ0) is 26.8. The van der Waals surface area contributed by atoms with E-state index in [4.69, 9.17) is 9.47 Å². The van der Waals surface area contributed by atoms with Gasteiger partial charge in [0, 0.05) is 23.7 Å². The molecular weight excluding hydrogens is 468 g/mol. The summed E-state index contributed by atoms with van der Waals surface area (Å²) in [5.74, 6) is -0.380. The molecule has 1 aliphatic rings. The predicted octanol–water partition coefficient (Wildman–Crippen LogP) is 5.42. The lowest BCUT2D eigenvalue weighted by molar-refractivity contribution is -0.140. The Morgan fingerprint density at radius 1 is 0.919 bits per heavy atom. The van der Waals surface area contributed by atoms with Gasteiger partial charge in [-0.2, -0.15) is 0 Å². The number of benzene rings is 2. The fraction of sp³-hybridized carbons (Fsp3) is 0.467. The van der Waals surface area contributed by atoms with Crippen LogP contribution in [0.3, 0.4) is 0 Å². The molecule has 1 unspecified atom stereocenters. The van der Waals surface area contributed by atoms with Crippen LogP contribution in [0.15, 0.2) is 54.1 Å². The number of aliphatic hydroxyl groups excluding tert-OH is 1. The van der Waals surface area contributed by atoms with Gasteiger partial charge in [-0.15, -0.1) is 0 Å². The fourth-order valence-corrected chi connectivity index (χ4v) is 4.79. The van der Waals surface area contributed by atoms with E-state index in [-0.39, 0.29) is 11.3 Å². The van der Waals surface area contributed by atoms with Crippen molar-refractivity contribution in [1.82, 2.24) is 9.80 Å². The highest BCUT2D eigenvalue weighted by atomic mass is 16.5. The van der Waals surface area contributed by atoms with Crippen LogP contribution in [0.2, 0.25) is 0 Å². The molecule has 2 aromatic carbocycles. The van der Waals surface area contributed by atoms with Crippen LogP contribution in [0.4, 0.5) is 0 Å². The number of Topliss-reactive ketones (excluding diaryl/α,β-unsaturated/α-hetero) is 1. The van der Waals surface area contributed by atoms with Crippen LogP contribution in [0, 0.1) is 0 Å². The number of carbonyl (C=O) groups is 2. The molecular formula is C30H40N2O5. The van der Waals surface area contributed by atoms with Crippen LogP contribution in [-0.4, -0.2) is 67.0 Å². The Morgan fingerprint density at radius 3 is 2.16 bits per heavy atom. The molecule has 0 saturated carbocycles. The largest absolute Gasteiger partial charge is 0.507 e. The van der Waals surface area contributed by atoms with Gasteiger partial charge in [0.25, 0.3) is 11.7 Å². The van der Waals surface area contributed by atoms with E-state index in [0.29, 0.717) is 29.2 Å². The van der Waals surface area contributed by atoms with Gasteiger partial charge in [0.05, 0.1) is 25.8 Å². The average Bonchev–Trinajstić information content (AvgIpc) is 3.18. The van der Waals surface area contributed by atoms with E-state index in [0.717, 1.165) is 51.7 Å². The first kappa shape index (κ1) is 28.3. The summed E-state index contributed by atoms with van der Waals surface area (Å²) in [6, 6.07) is 13.4. The Morgan fingerprint density at radius 2 is 1.57 bits per heavy atom. The van der Waals surface area contributed by atoms with E-state index in [9.17, 15) is 14.7 Å². The topological polar surface area (TPSA) is 79.3 Å². The third kappa shape index (κ3) is 6.72. The van der Waals surface area contributed by atoms with Gasteiger partial charge >= 0.3 is 0 Å². The summed E-state index contributed by atoms with van der Waals surface area (Å²) < 4.78 is 11.0. The van der Waals surface area contributed by atoms with Crippen LogP contribution in [0.1, 0.15) is 63.1 Å². The van der Waals surface area contributed by atoms with Gasteiger partial charge in [-0.05, 0) is 51.0 Å². The molecule has 0 aliphatic carbocycles. The number of methoxy groups -OCH3 is 2. The van der Waals surface area contributed by atoms with E-state index >= 15 is 0 Å². The van der Waals surface area contributed by atoms with Crippen molar-refractivity contribution in [3.63, 3.8) is 0 Å². The van der Waals surface area contributed by atoms with E-state index in [1.807, 2.05) is 6.07 Å². The molecule has 2 aromatic rings. The number of ketones is 1. The highest BCUT2D eigenvalue weighted by Crippen LogP contribution is 2.43. The Kier molecular flexibility index (Phi) is 10.6. The van der Waals surface area contributed by atoms with Crippen molar-refractivity contribution >= 4 is 17.4 Å². The molecule has 0 bridgehead atoms. The maximum atomic E-state index is 13.3. The highest BCUT2D eigenvalue weighted by molar-refractivity contribution is 6.46. The number of likely N-dealkylation sites (tertiary alicyclic amines) is 1. The molecule has 1 amide bonds. The first-order valence-electron chi connectivity index (χ1n) is 13.2. The molecule has 1 heterocycles. The van der Waals surface area contributed by atoms with Gasteiger partial charge in [0.1, 0.15) is 17.3 Å². The first-order valence-corrected chi connectivity index (χ1v) is 13.2. The van der Waals surface area contributed by atoms with Gasteiger partial charge in [0.15, 0.2) is 0 Å². The molecule has 37 heavy (non-hydrogen) atoms. The van der Waals surface area contributed by atoms with E-state index in [1.165, 1.54) is 0 Å². The lowest BCUT2D eigenvalue weighted by atomic mass is 9.94. The fourth-order valence-electron chi connectivity index (χ4n) is 4.79. The maximum Gasteiger partial charge on any atom is 0.295 e. The van der Waals surface area contributed by atoms with Crippen molar-refractivity contribution in [3.8, 4) is 11.5 Å². The number of aliphatic hydroxyl groups is 1. The molecule has 7 heteroatoms. The van der Waals surface area contributed by atoms with Gasteiger partial charge in [-0.1, -0.05) is 57.0 Å². The average molecular weight is 509 g/mol. The van der Waals surface area contributed by atoms with Crippen LogP contribution >= 0.6 is 0 Å². The molecule has 200 valence electrons.